The SMILES string of the molecule is CCCOc1cc(C2NC(=O)NC(CCC)=C2C(=O)OC)c([N+](=O)[O-])cc1OC. The van der Waals surface area contributed by atoms with Crippen LogP contribution in [0.25, 0.3) is 0 Å². The van der Waals surface area contributed by atoms with Crippen LogP contribution in [0.5, 0.6) is 11.5 Å². The molecule has 0 aliphatic carbocycles. The Morgan fingerprint density at radius 2 is 1.93 bits per heavy atom. The normalized spacial score (nSPS) is 16.0. The van der Waals surface area contributed by atoms with Crippen molar-refractivity contribution in [3.8, 4) is 11.5 Å². The van der Waals surface area contributed by atoms with E-state index >= 15 is 0 Å². The van der Waals surface area contributed by atoms with E-state index in [1.807, 2.05) is 13.8 Å². The number of carbonyl (C=O) groups is 2. The minimum absolute atomic E-state index is 0.103. The lowest BCUT2D eigenvalue weighted by atomic mass is 9.92. The first-order valence-corrected chi connectivity index (χ1v) is 9.25. The van der Waals surface area contributed by atoms with E-state index in [-0.39, 0.29) is 28.3 Å². The fraction of sp³-hybridized carbons (Fsp3) is 0.474. The van der Waals surface area contributed by atoms with Crippen molar-refractivity contribution in [2.45, 2.75) is 39.2 Å². The van der Waals surface area contributed by atoms with Gasteiger partial charge in [-0.25, -0.2) is 9.59 Å². The molecule has 10 heteroatoms. The number of carbonyl (C=O) groups excluding carboxylic acids is 2. The molecule has 0 fully saturated rings. The number of nitrogens with zero attached hydrogens (tertiary/aromatic N) is 1. The maximum absolute atomic E-state index is 12.5. The number of methoxy groups -OCH3 is 2. The van der Waals surface area contributed by atoms with Gasteiger partial charge in [0.1, 0.15) is 0 Å². The van der Waals surface area contributed by atoms with E-state index in [4.69, 9.17) is 14.2 Å². The third-order valence-electron chi connectivity index (χ3n) is 4.34. The summed E-state index contributed by atoms with van der Waals surface area (Å²) in [5.74, 6) is -0.220. The number of hydrogen-bond acceptors (Lipinski definition) is 7. The number of amides is 2. The fourth-order valence-electron chi connectivity index (χ4n) is 3.09. The number of allylic oxidation sites excluding steroid dienone is 1. The first kappa shape index (κ1) is 22.0. The minimum Gasteiger partial charge on any atom is -0.493 e. The lowest BCUT2D eigenvalue weighted by Crippen LogP contribution is -2.46. The van der Waals surface area contributed by atoms with Crippen LogP contribution in [0.3, 0.4) is 0 Å². The van der Waals surface area contributed by atoms with Gasteiger partial charge < -0.3 is 24.8 Å². The van der Waals surface area contributed by atoms with E-state index in [0.29, 0.717) is 31.6 Å². The van der Waals surface area contributed by atoms with Crippen LogP contribution in [0.4, 0.5) is 10.5 Å². The molecule has 29 heavy (non-hydrogen) atoms. The summed E-state index contributed by atoms with van der Waals surface area (Å²) in [6.45, 7) is 4.17. The second kappa shape index (κ2) is 9.76. The zero-order valence-corrected chi connectivity index (χ0v) is 16.9. The molecule has 0 spiro atoms. The van der Waals surface area contributed by atoms with Gasteiger partial charge in [0.05, 0.1) is 49.0 Å². The minimum atomic E-state index is -1.08. The van der Waals surface area contributed by atoms with Crippen LogP contribution in [-0.4, -0.2) is 37.8 Å². The van der Waals surface area contributed by atoms with Crippen molar-refractivity contribution in [3.63, 3.8) is 0 Å². The zero-order chi connectivity index (χ0) is 21.6. The molecule has 1 heterocycles. The molecule has 1 atom stereocenters. The third kappa shape index (κ3) is 4.76. The lowest BCUT2D eigenvalue weighted by Gasteiger charge is -2.29. The number of nitrogens with one attached hydrogen (secondary N) is 2. The van der Waals surface area contributed by atoms with Crippen LogP contribution in [0.2, 0.25) is 0 Å². The molecule has 0 saturated carbocycles. The van der Waals surface area contributed by atoms with Gasteiger partial charge >= 0.3 is 12.0 Å². The van der Waals surface area contributed by atoms with E-state index in [2.05, 4.69) is 10.6 Å². The molecule has 0 bridgehead atoms. The highest BCUT2D eigenvalue weighted by Gasteiger charge is 2.37. The quantitative estimate of drug-likeness (QED) is 0.366. The van der Waals surface area contributed by atoms with Gasteiger partial charge in [-0.2, -0.15) is 0 Å². The third-order valence-corrected chi connectivity index (χ3v) is 4.34. The van der Waals surface area contributed by atoms with Gasteiger partial charge in [0.15, 0.2) is 11.5 Å². The van der Waals surface area contributed by atoms with Gasteiger partial charge in [-0.05, 0) is 18.9 Å². The lowest BCUT2D eigenvalue weighted by molar-refractivity contribution is -0.385. The molecule has 1 aromatic carbocycles. The highest BCUT2D eigenvalue weighted by molar-refractivity contribution is 5.95. The Labute approximate surface area is 168 Å². The van der Waals surface area contributed by atoms with Crippen molar-refractivity contribution in [2.24, 2.45) is 0 Å². The van der Waals surface area contributed by atoms with Gasteiger partial charge in [0, 0.05) is 5.70 Å². The maximum Gasteiger partial charge on any atom is 0.337 e. The summed E-state index contributed by atoms with van der Waals surface area (Å²) in [5.41, 5.74) is 0.277. The molecule has 2 rings (SSSR count). The summed E-state index contributed by atoms with van der Waals surface area (Å²) in [6.07, 6.45) is 1.77. The maximum atomic E-state index is 12.5. The van der Waals surface area contributed by atoms with Gasteiger partial charge in [0.2, 0.25) is 0 Å². The number of urea groups is 1. The molecule has 1 aromatic rings. The summed E-state index contributed by atoms with van der Waals surface area (Å²) in [6, 6.07) is 1.01. The average Bonchev–Trinajstić information content (AvgIpc) is 2.70. The number of rotatable bonds is 9. The van der Waals surface area contributed by atoms with Crippen molar-refractivity contribution in [2.75, 3.05) is 20.8 Å². The fourth-order valence-corrected chi connectivity index (χ4v) is 3.09. The smallest absolute Gasteiger partial charge is 0.337 e. The second-order valence-electron chi connectivity index (χ2n) is 6.33. The number of nitro benzene ring substituents is 1. The predicted molar refractivity (Wildman–Crippen MR) is 104 cm³/mol. The van der Waals surface area contributed by atoms with E-state index in [9.17, 15) is 19.7 Å². The van der Waals surface area contributed by atoms with Crippen LogP contribution in [0, 0.1) is 10.1 Å². The topological polar surface area (TPSA) is 129 Å². The Morgan fingerprint density at radius 3 is 2.48 bits per heavy atom. The summed E-state index contributed by atoms with van der Waals surface area (Å²) in [7, 11) is 2.59. The first-order chi connectivity index (χ1) is 13.9. The van der Waals surface area contributed by atoms with E-state index < -0.39 is 23.0 Å². The van der Waals surface area contributed by atoms with Crippen molar-refractivity contribution in [3.05, 3.63) is 39.1 Å². The van der Waals surface area contributed by atoms with Crippen LogP contribution in [0.15, 0.2) is 23.4 Å². The summed E-state index contributed by atoms with van der Waals surface area (Å²) < 4.78 is 15.8. The first-order valence-electron chi connectivity index (χ1n) is 9.25. The Morgan fingerprint density at radius 1 is 1.21 bits per heavy atom. The predicted octanol–water partition coefficient (Wildman–Crippen LogP) is 2.97. The number of nitro groups is 1. The highest BCUT2D eigenvalue weighted by atomic mass is 16.6. The highest BCUT2D eigenvalue weighted by Crippen LogP contribution is 2.41. The van der Waals surface area contributed by atoms with Crippen molar-refractivity contribution in [1.82, 2.24) is 10.6 Å². The van der Waals surface area contributed by atoms with Crippen LogP contribution >= 0.6 is 0 Å². The molecule has 2 N–H and O–H groups in total. The Bertz CT molecular complexity index is 835. The summed E-state index contributed by atoms with van der Waals surface area (Å²) in [4.78, 5) is 35.9. The van der Waals surface area contributed by atoms with E-state index in [0.717, 1.165) is 0 Å². The van der Waals surface area contributed by atoms with Crippen molar-refractivity contribution < 1.29 is 28.7 Å². The molecule has 158 valence electrons. The Balaban J connectivity index is 2.72. The van der Waals surface area contributed by atoms with Gasteiger partial charge in [-0.3, -0.25) is 10.1 Å². The zero-order valence-electron chi connectivity index (χ0n) is 16.9. The molecule has 0 radical (unpaired) electrons. The molecule has 1 aliphatic heterocycles. The largest absolute Gasteiger partial charge is 0.493 e. The molecular weight excluding hydrogens is 382 g/mol. The number of esters is 1. The van der Waals surface area contributed by atoms with E-state index in [1.54, 1.807) is 0 Å². The van der Waals surface area contributed by atoms with Crippen LogP contribution in [0.1, 0.15) is 44.7 Å². The summed E-state index contributed by atoms with van der Waals surface area (Å²) >= 11 is 0. The van der Waals surface area contributed by atoms with Crippen molar-refractivity contribution in [1.29, 1.82) is 0 Å². The number of ether oxygens (including phenoxy) is 3. The molecule has 1 unspecified atom stereocenters. The molecule has 0 aromatic heterocycles. The summed E-state index contributed by atoms with van der Waals surface area (Å²) in [5, 5.41) is 16.9. The molecule has 10 nitrogen and oxygen atoms in total. The average molecular weight is 407 g/mol. The van der Waals surface area contributed by atoms with Gasteiger partial charge in [-0.15, -0.1) is 0 Å². The molecule has 2 amide bonds. The van der Waals surface area contributed by atoms with Gasteiger partial charge in [0.25, 0.3) is 5.69 Å². The van der Waals surface area contributed by atoms with Gasteiger partial charge in [-0.1, -0.05) is 20.3 Å². The second-order valence-corrected chi connectivity index (χ2v) is 6.33. The number of hydrogen-bond donors (Lipinski definition) is 2. The standard InChI is InChI=1S/C19H25N3O7/c1-5-7-12-16(18(23)28-4)17(21-19(24)20-12)11-9-15(29-8-6-2)14(27-3)10-13(11)22(25)26/h9-10,17H,5-8H2,1-4H3,(H2,20,21,24). The Hall–Kier alpha value is -3.30. The number of benzene rings is 1. The van der Waals surface area contributed by atoms with Crippen LogP contribution < -0.4 is 20.1 Å². The molecular formula is C19H25N3O7. The monoisotopic (exact) mass is 407 g/mol. The van der Waals surface area contributed by atoms with Crippen molar-refractivity contribution >= 4 is 17.7 Å². The van der Waals surface area contributed by atoms with Crippen LogP contribution in [-0.2, 0) is 9.53 Å². The van der Waals surface area contributed by atoms with E-state index in [1.165, 1.54) is 26.4 Å². The molecule has 1 aliphatic rings. The Kier molecular flexibility index (Phi) is 7.40. The molecule has 0 saturated heterocycles.